The summed E-state index contributed by atoms with van der Waals surface area (Å²) in [6.45, 7) is 4.10. The first-order valence-electron chi connectivity index (χ1n) is 5.91. The Kier molecular flexibility index (Phi) is 4.97. The highest BCUT2D eigenvalue weighted by Gasteiger charge is 2.21. The molecule has 0 amide bonds. The van der Waals surface area contributed by atoms with E-state index in [-0.39, 0.29) is 11.6 Å². The number of hydrogen-bond donors (Lipinski definition) is 1. The summed E-state index contributed by atoms with van der Waals surface area (Å²) in [5.41, 5.74) is 7.12. The number of ether oxygens (including phenoxy) is 2. The molecule has 2 N–H and O–H groups in total. The van der Waals surface area contributed by atoms with Crippen LogP contribution >= 0.6 is 0 Å². The van der Waals surface area contributed by atoms with Crippen molar-refractivity contribution >= 4 is 0 Å². The van der Waals surface area contributed by atoms with Gasteiger partial charge in [-0.25, -0.2) is 0 Å². The van der Waals surface area contributed by atoms with Crippen LogP contribution in [0.1, 0.15) is 25.8 Å². The number of benzene rings is 1. The van der Waals surface area contributed by atoms with Crippen LogP contribution < -0.4 is 10.5 Å². The minimum absolute atomic E-state index is 0.0706. The van der Waals surface area contributed by atoms with Gasteiger partial charge in [-0.15, -0.1) is 0 Å². The third kappa shape index (κ3) is 4.36. The second-order valence-corrected chi connectivity index (χ2v) is 4.94. The van der Waals surface area contributed by atoms with E-state index in [1.165, 1.54) is 0 Å². The molecule has 0 saturated heterocycles. The zero-order valence-corrected chi connectivity index (χ0v) is 11.2. The molecule has 0 fully saturated rings. The predicted octanol–water partition coefficient (Wildman–Crippen LogP) is 2.38. The molecule has 0 bridgehead atoms. The third-order valence-electron chi connectivity index (χ3n) is 2.98. The summed E-state index contributed by atoms with van der Waals surface area (Å²) in [5, 5.41) is 0. The average molecular weight is 237 g/mol. The van der Waals surface area contributed by atoms with Crippen LogP contribution in [0.4, 0.5) is 0 Å². The van der Waals surface area contributed by atoms with Crippen molar-refractivity contribution in [2.75, 3.05) is 14.2 Å². The van der Waals surface area contributed by atoms with Crippen LogP contribution in [0.25, 0.3) is 0 Å². The topological polar surface area (TPSA) is 44.5 Å². The molecular formula is C14H23NO2. The molecule has 1 rings (SSSR count). The van der Waals surface area contributed by atoms with E-state index in [4.69, 9.17) is 15.2 Å². The summed E-state index contributed by atoms with van der Waals surface area (Å²) in [7, 11) is 3.40. The van der Waals surface area contributed by atoms with E-state index in [1.54, 1.807) is 14.2 Å². The Bertz CT molecular complexity index is 350. The maximum Gasteiger partial charge on any atom is 0.122 e. The Morgan fingerprint density at radius 1 is 1.24 bits per heavy atom. The Hall–Kier alpha value is -1.06. The molecule has 0 radical (unpaired) electrons. The van der Waals surface area contributed by atoms with Crippen LogP contribution in [0, 0.1) is 0 Å². The lowest BCUT2D eigenvalue weighted by Gasteiger charge is -2.26. The van der Waals surface area contributed by atoms with Crippen LogP contribution in [-0.2, 0) is 11.2 Å². The predicted molar refractivity (Wildman–Crippen MR) is 70.4 cm³/mol. The number of para-hydroxylation sites is 1. The fraction of sp³-hybridized carbons (Fsp3) is 0.571. The maximum absolute atomic E-state index is 6.16. The molecule has 0 aromatic heterocycles. The Labute approximate surface area is 104 Å². The van der Waals surface area contributed by atoms with Gasteiger partial charge in [-0.3, -0.25) is 0 Å². The molecule has 0 heterocycles. The van der Waals surface area contributed by atoms with Gasteiger partial charge in [0.05, 0.1) is 12.7 Å². The minimum Gasteiger partial charge on any atom is -0.496 e. The highest BCUT2D eigenvalue weighted by molar-refractivity contribution is 5.33. The van der Waals surface area contributed by atoms with Crippen LogP contribution in [0.15, 0.2) is 24.3 Å². The molecule has 0 aliphatic heterocycles. The van der Waals surface area contributed by atoms with Crippen LogP contribution in [0.3, 0.4) is 0 Å². The summed E-state index contributed by atoms with van der Waals surface area (Å²) < 4.78 is 10.7. The lowest BCUT2D eigenvalue weighted by atomic mass is 9.94. The second-order valence-electron chi connectivity index (χ2n) is 4.94. The van der Waals surface area contributed by atoms with Crippen molar-refractivity contribution in [1.82, 2.24) is 0 Å². The fourth-order valence-electron chi connectivity index (χ4n) is 1.94. The van der Waals surface area contributed by atoms with Crippen LogP contribution in [0.2, 0.25) is 0 Å². The average Bonchev–Trinajstić information content (AvgIpc) is 2.29. The second kappa shape index (κ2) is 6.03. The van der Waals surface area contributed by atoms with E-state index in [1.807, 2.05) is 18.2 Å². The standard InChI is InChI=1S/C14H23NO2/c1-14(2,17-4)10-12(15)9-11-7-5-6-8-13(11)16-3/h5-8,12H,9-10,15H2,1-4H3. The van der Waals surface area contributed by atoms with Crippen molar-refractivity contribution in [3.05, 3.63) is 29.8 Å². The number of hydrogen-bond acceptors (Lipinski definition) is 3. The van der Waals surface area contributed by atoms with Gasteiger partial charge in [0.1, 0.15) is 5.75 Å². The molecule has 3 heteroatoms. The number of nitrogens with two attached hydrogens (primary N) is 1. The minimum atomic E-state index is -0.179. The maximum atomic E-state index is 6.16. The summed E-state index contributed by atoms with van der Waals surface area (Å²) >= 11 is 0. The summed E-state index contributed by atoms with van der Waals surface area (Å²) in [5.74, 6) is 0.901. The van der Waals surface area contributed by atoms with Gasteiger partial charge in [0.15, 0.2) is 0 Å². The molecule has 0 saturated carbocycles. The Balaban J connectivity index is 2.65. The molecule has 0 aliphatic carbocycles. The van der Waals surface area contributed by atoms with E-state index in [0.29, 0.717) is 0 Å². The normalized spacial score (nSPS) is 13.5. The molecular weight excluding hydrogens is 214 g/mol. The quantitative estimate of drug-likeness (QED) is 0.826. The highest BCUT2D eigenvalue weighted by Crippen LogP contribution is 2.22. The van der Waals surface area contributed by atoms with Gasteiger partial charge in [-0.1, -0.05) is 18.2 Å². The first-order chi connectivity index (χ1) is 7.98. The number of rotatable bonds is 6. The molecule has 1 aromatic rings. The Morgan fingerprint density at radius 2 is 1.88 bits per heavy atom. The van der Waals surface area contributed by atoms with Gasteiger partial charge >= 0.3 is 0 Å². The van der Waals surface area contributed by atoms with Gasteiger partial charge in [-0.05, 0) is 38.3 Å². The lowest BCUT2D eigenvalue weighted by Crippen LogP contribution is -2.35. The van der Waals surface area contributed by atoms with Gasteiger partial charge in [0.25, 0.3) is 0 Å². The van der Waals surface area contributed by atoms with E-state index >= 15 is 0 Å². The highest BCUT2D eigenvalue weighted by atomic mass is 16.5. The van der Waals surface area contributed by atoms with Crippen molar-refractivity contribution in [2.45, 2.75) is 38.3 Å². The van der Waals surface area contributed by atoms with Crippen LogP contribution in [0.5, 0.6) is 5.75 Å². The van der Waals surface area contributed by atoms with Crippen molar-refractivity contribution in [2.24, 2.45) is 5.73 Å². The molecule has 17 heavy (non-hydrogen) atoms. The van der Waals surface area contributed by atoms with Crippen LogP contribution in [-0.4, -0.2) is 25.9 Å². The van der Waals surface area contributed by atoms with Gasteiger partial charge < -0.3 is 15.2 Å². The molecule has 96 valence electrons. The smallest absolute Gasteiger partial charge is 0.122 e. The summed E-state index contributed by atoms with van der Waals surface area (Å²) in [6, 6.07) is 8.06. The molecule has 1 aromatic carbocycles. The zero-order chi connectivity index (χ0) is 12.9. The molecule has 0 aliphatic rings. The van der Waals surface area contributed by atoms with Crippen molar-refractivity contribution in [3.8, 4) is 5.75 Å². The van der Waals surface area contributed by atoms with Gasteiger partial charge in [-0.2, -0.15) is 0 Å². The molecule has 0 spiro atoms. The SMILES string of the molecule is COc1ccccc1CC(N)CC(C)(C)OC. The van der Waals surface area contributed by atoms with Gasteiger partial charge in [0.2, 0.25) is 0 Å². The molecule has 3 nitrogen and oxygen atoms in total. The summed E-state index contributed by atoms with van der Waals surface area (Å²) in [4.78, 5) is 0. The van der Waals surface area contributed by atoms with E-state index in [9.17, 15) is 0 Å². The first kappa shape index (κ1) is 14.0. The monoisotopic (exact) mass is 237 g/mol. The third-order valence-corrected chi connectivity index (χ3v) is 2.98. The van der Waals surface area contributed by atoms with Crippen molar-refractivity contribution < 1.29 is 9.47 Å². The number of methoxy groups -OCH3 is 2. The summed E-state index contributed by atoms with van der Waals surface area (Å²) in [6.07, 6.45) is 1.62. The van der Waals surface area contributed by atoms with Gasteiger partial charge in [0, 0.05) is 13.2 Å². The van der Waals surface area contributed by atoms with Crippen molar-refractivity contribution in [1.29, 1.82) is 0 Å². The van der Waals surface area contributed by atoms with Crippen molar-refractivity contribution in [3.63, 3.8) is 0 Å². The Morgan fingerprint density at radius 3 is 2.47 bits per heavy atom. The van der Waals surface area contributed by atoms with E-state index < -0.39 is 0 Å². The first-order valence-corrected chi connectivity index (χ1v) is 5.91. The van der Waals surface area contributed by atoms with E-state index in [2.05, 4.69) is 19.9 Å². The zero-order valence-electron chi connectivity index (χ0n) is 11.2. The lowest BCUT2D eigenvalue weighted by molar-refractivity contribution is 0.0102. The molecule has 1 atom stereocenters. The van der Waals surface area contributed by atoms with E-state index in [0.717, 1.165) is 24.2 Å². The largest absolute Gasteiger partial charge is 0.496 e. The molecule has 1 unspecified atom stereocenters. The fourth-order valence-corrected chi connectivity index (χ4v) is 1.94.